The number of carbonyl (C=O) groups excluding carboxylic acids is 1. The van der Waals surface area contributed by atoms with E-state index in [4.69, 9.17) is 9.26 Å². The SMILES string of the molecule is COCCNC(=O)CCCc1nc(-c2cccs2)no1. The maximum absolute atomic E-state index is 11.5. The quantitative estimate of drug-likeness (QED) is 0.752. The van der Waals surface area contributed by atoms with Gasteiger partial charge in [-0.3, -0.25) is 4.79 Å². The predicted molar refractivity (Wildman–Crippen MR) is 75.4 cm³/mol. The van der Waals surface area contributed by atoms with Crippen LogP contribution in [0.2, 0.25) is 0 Å². The summed E-state index contributed by atoms with van der Waals surface area (Å²) in [7, 11) is 1.60. The summed E-state index contributed by atoms with van der Waals surface area (Å²) in [5, 5.41) is 8.66. The molecule has 0 saturated heterocycles. The van der Waals surface area contributed by atoms with Gasteiger partial charge in [-0.25, -0.2) is 0 Å². The van der Waals surface area contributed by atoms with Crippen molar-refractivity contribution in [1.29, 1.82) is 0 Å². The van der Waals surface area contributed by atoms with Crippen molar-refractivity contribution >= 4 is 17.2 Å². The Bertz CT molecular complexity index is 525. The van der Waals surface area contributed by atoms with Crippen LogP contribution in [0.5, 0.6) is 0 Å². The molecule has 1 amide bonds. The Morgan fingerprint density at radius 1 is 1.55 bits per heavy atom. The third-order valence-electron chi connectivity index (χ3n) is 2.63. The number of hydrogen-bond acceptors (Lipinski definition) is 6. The highest BCUT2D eigenvalue weighted by Crippen LogP contribution is 2.21. The van der Waals surface area contributed by atoms with Crippen LogP contribution in [0.3, 0.4) is 0 Å². The molecule has 1 N–H and O–H groups in total. The minimum atomic E-state index is 0.0139. The molecule has 0 fully saturated rings. The molecule has 0 aromatic carbocycles. The third kappa shape index (κ3) is 4.43. The van der Waals surface area contributed by atoms with Gasteiger partial charge in [0.25, 0.3) is 0 Å². The van der Waals surface area contributed by atoms with Crippen LogP contribution >= 0.6 is 11.3 Å². The Balaban J connectivity index is 1.71. The highest BCUT2D eigenvalue weighted by molar-refractivity contribution is 7.13. The zero-order chi connectivity index (χ0) is 14.2. The van der Waals surface area contributed by atoms with Crippen LogP contribution in [0.1, 0.15) is 18.7 Å². The van der Waals surface area contributed by atoms with Crippen LogP contribution < -0.4 is 5.32 Å². The van der Waals surface area contributed by atoms with Gasteiger partial charge in [0.1, 0.15) is 0 Å². The molecular formula is C13H17N3O3S. The second-order valence-corrected chi connectivity index (χ2v) is 5.13. The van der Waals surface area contributed by atoms with Gasteiger partial charge < -0.3 is 14.6 Å². The van der Waals surface area contributed by atoms with Gasteiger partial charge in [0.2, 0.25) is 17.6 Å². The fraction of sp³-hybridized carbons (Fsp3) is 0.462. The molecule has 0 unspecified atom stereocenters. The third-order valence-corrected chi connectivity index (χ3v) is 3.50. The maximum atomic E-state index is 11.5. The average Bonchev–Trinajstić information content (AvgIpc) is 3.09. The van der Waals surface area contributed by atoms with Crippen molar-refractivity contribution < 1.29 is 14.1 Å². The fourth-order valence-electron chi connectivity index (χ4n) is 1.64. The highest BCUT2D eigenvalue weighted by Gasteiger charge is 2.09. The van der Waals surface area contributed by atoms with E-state index in [1.807, 2.05) is 17.5 Å². The molecule has 0 aliphatic rings. The molecule has 108 valence electrons. The monoisotopic (exact) mass is 295 g/mol. The number of amides is 1. The Morgan fingerprint density at radius 2 is 2.45 bits per heavy atom. The standard InChI is InChI=1S/C13H17N3O3S/c1-18-8-7-14-11(17)5-2-6-12-15-13(16-19-12)10-4-3-9-20-10/h3-4,9H,2,5-8H2,1H3,(H,14,17). The van der Waals surface area contributed by atoms with Gasteiger partial charge in [-0.15, -0.1) is 11.3 Å². The summed E-state index contributed by atoms with van der Waals surface area (Å²) in [6.45, 7) is 1.07. The molecule has 0 aliphatic heterocycles. The molecule has 0 radical (unpaired) electrons. The van der Waals surface area contributed by atoms with Gasteiger partial charge >= 0.3 is 0 Å². The molecule has 20 heavy (non-hydrogen) atoms. The minimum Gasteiger partial charge on any atom is -0.383 e. The highest BCUT2D eigenvalue weighted by atomic mass is 32.1. The van der Waals surface area contributed by atoms with E-state index in [1.165, 1.54) is 0 Å². The second-order valence-electron chi connectivity index (χ2n) is 4.19. The summed E-state index contributed by atoms with van der Waals surface area (Å²) in [6.07, 6.45) is 1.74. The number of nitrogens with zero attached hydrogens (tertiary/aromatic N) is 2. The van der Waals surface area contributed by atoms with E-state index in [9.17, 15) is 4.79 Å². The van der Waals surface area contributed by atoms with Crippen LogP contribution in [0, 0.1) is 0 Å². The number of carbonyl (C=O) groups is 1. The molecule has 2 aromatic rings. The summed E-state index contributed by atoms with van der Waals surface area (Å²) in [5.41, 5.74) is 0. The topological polar surface area (TPSA) is 77.2 Å². The van der Waals surface area contributed by atoms with Crippen molar-refractivity contribution in [1.82, 2.24) is 15.5 Å². The Hall–Kier alpha value is -1.73. The number of nitrogens with one attached hydrogen (secondary N) is 1. The van der Waals surface area contributed by atoms with E-state index in [0.717, 1.165) is 4.88 Å². The van der Waals surface area contributed by atoms with Gasteiger partial charge in [0.15, 0.2) is 0 Å². The molecule has 2 aromatic heterocycles. The molecule has 0 atom stereocenters. The average molecular weight is 295 g/mol. The zero-order valence-corrected chi connectivity index (χ0v) is 12.1. The normalized spacial score (nSPS) is 10.7. The van der Waals surface area contributed by atoms with E-state index >= 15 is 0 Å². The smallest absolute Gasteiger partial charge is 0.226 e. The molecule has 0 saturated carbocycles. The van der Waals surface area contributed by atoms with Crippen LogP contribution in [0.25, 0.3) is 10.7 Å². The van der Waals surface area contributed by atoms with Crippen LogP contribution in [-0.4, -0.2) is 36.3 Å². The van der Waals surface area contributed by atoms with Gasteiger partial charge in [0, 0.05) is 26.5 Å². The summed E-state index contributed by atoms with van der Waals surface area (Å²) in [5.74, 6) is 1.19. The first-order valence-corrected chi connectivity index (χ1v) is 7.29. The first-order valence-electron chi connectivity index (χ1n) is 6.41. The fourth-order valence-corrected chi connectivity index (χ4v) is 2.29. The van der Waals surface area contributed by atoms with E-state index in [1.54, 1.807) is 18.4 Å². The second kappa shape index (κ2) is 7.76. The number of ether oxygens (including phenoxy) is 1. The molecule has 0 spiro atoms. The largest absolute Gasteiger partial charge is 0.383 e. The number of hydrogen-bond donors (Lipinski definition) is 1. The molecule has 7 heteroatoms. The van der Waals surface area contributed by atoms with E-state index < -0.39 is 0 Å². The van der Waals surface area contributed by atoms with Crippen molar-refractivity contribution in [3.05, 3.63) is 23.4 Å². The van der Waals surface area contributed by atoms with Crippen molar-refractivity contribution in [2.75, 3.05) is 20.3 Å². The lowest BCUT2D eigenvalue weighted by Gasteiger charge is -2.02. The molecular weight excluding hydrogens is 278 g/mol. The minimum absolute atomic E-state index is 0.0139. The van der Waals surface area contributed by atoms with Crippen LogP contribution in [-0.2, 0) is 16.0 Å². The van der Waals surface area contributed by atoms with Crippen molar-refractivity contribution in [2.24, 2.45) is 0 Å². The number of aryl methyl sites for hydroxylation is 1. The number of thiophene rings is 1. The first-order chi connectivity index (χ1) is 9.79. The molecule has 2 heterocycles. The van der Waals surface area contributed by atoms with Gasteiger partial charge in [-0.05, 0) is 17.9 Å². The molecule has 2 rings (SSSR count). The van der Waals surface area contributed by atoms with Gasteiger partial charge in [-0.1, -0.05) is 11.2 Å². The molecule has 0 bridgehead atoms. The van der Waals surface area contributed by atoms with Crippen molar-refractivity contribution in [3.63, 3.8) is 0 Å². The summed E-state index contributed by atoms with van der Waals surface area (Å²) in [6, 6.07) is 3.89. The molecule has 6 nitrogen and oxygen atoms in total. The molecule has 0 aliphatic carbocycles. The first kappa shape index (κ1) is 14.7. The lowest BCUT2D eigenvalue weighted by Crippen LogP contribution is -2.26. The lowest BCUT2D eigenvalue weighted by molar-refractivity contribution is -0.121. The predicted octanol–water partition coefficient (Wildman–Crippen LogP) is 1.88. The van der Waals surface area contributed by atoms with Crippen LogP contribution in [0.4, 0.5) is 0 Å². The van der Waals surface area contributed by atoms with Crippen molar-refractivity contribution in [2.45, 2.75) is 19.3 Å². The summed E-state index contributed by atoms with van der Waals surface area (Å²) >= 11 is 1.57. The van der Waals surface area contributed by atoms with E-state index in [-0.39, 0.29) is 5.91 Å². The summed E-state index contributed by atoms with van der Waals surface area (Å²) in [4.78, 5) is 16.8. The van der Waals surface area contributed by atoms with E-state index in [2.05, 4.69) is 15.5 Å². The maximum Gasteiger partial charge on any atom is 0.226 e. The summed E-state index contributed by atoms with van der Waals surface area (Å²) < 4.78 is 10.0. The van der Waals surface area contributed by atoms with E-state index in [0.29, 0.717) is 44.1 Å². The van der Waals surface area contributed by atoms with Gasteiger partial charge in [0.05, 0.1) is 11.5 Å². The Kier molecular flexibility index (Phi) is 5.69. The zero-order valence-electron chi connectivity index (χ0n) is 11.3. The van der Waals surface area contributed by atoms with Crippen LogP contribution in [0.15, 0.2) is 22.0 Å². The Labute approximate surface area is 121 Å². The number of aromatic nitrogens is 2. The van der Waals surface area contributed by atoms with Gasteiger partial charge in [-0.2, -0.15) is 4.98 Å². The number of rotatable bonds is 8. The number of methoxy groups -OCH3 is 1. The van der Waals surface area contributed by atoms with Crippen molar-refractivity contribution in [3.8, 4) is 10.7 Å². The lowest BCUT2D eigenvalue weighted by atomic mass is 10.2. The Morgan fingerprint density at radius 3 is 3.20 bits per heavy atom.